The molecule has 0 radical (unpaired) electrons. The average Bonchev–Trinajstić information content (AvgIpc) is 2.96. The van der Waals surface area contributed by atoms with E-state index in [4.69, 9.17) is 5.84 Å². The molecule has 6 heteroatoms. The van der Waals surface area contributed by atoms with Gasteiger partial charge in [-0.1, -0.05) is 6.07 Å². The number of amides is 1. The van der Waals surface area contributed by atoms with Gasteiger partial charge in [0.05, 0.1) is 17.8 Å². The fourth-order valence-electron chi connectivity index (χ4n) is 2.06. The van der Waals surface area contributed by atoms with Gasteiger partial charge < -0.3 is 10.3 Å². The van der Waals surface area contributed by atoms with Crippen LogP contribution in [0.2, 0.25) is 0 Å². The largest absolute Gasteiger partial charge is 0.331 e. The summed E-state index contributed by atoms with van der Waals surface area (Å²) in [6.45, 7) is 6.46. The molecule has 2 aromatic heterocycles. The number of carbonyl (C=O) groups excluding carboxylic acids is 1. The summed E-state index contributed by atoms with van der Waals surface area (Å²) in [5.41, 5.74) is 4.49. The van der Waals surface area contributed by atoms with Crippen molar-refractivity contribution >= 4 is 22.9 Å². The number of hydrazine groups is 1. The Morgan fingerprint density at radius 2 is 2.29 bits per heavy atom. The molecule has 0 atom stereocenters. The Morgan fingerprint density at radius 1 is 1.52 bits per heavy atom. The van der Waals surface area contributed by atoms with Crippen LogP contribution in [-0.4, -0.2) is 21.8 Å². The van der Waals surface area contributed by atoms with Gasteiger partial charge in [-0.25, -0.2) is 0 Å². The number of nitrogens with zero attached hydrogens (tertiary/aromatic N) is 2. The molecule has 112 valence electrons. The number of pyridine rings is 1. The third-order valence-electron chi connectivity index (χ3n) is 3.22. The van der Waals surface area contributed by atoms with Crippen LogP contribution in [0.1, 0.15) is 34.8 Å². The van der Waals surface area contributed by atoms with Gasteiger partial charge in [0.1, 0.15) is 0 Å². The Hall–Kier alpha value is -1.92. The molecule has 0 aromatic carbocycles. The van der Waals surface area contributed by atoms with Crippen molar-refractivity contribution in [3.05, 3.63) is 45.9 Å². The number of nitrogens with one attached hydrogen (secondary N) is 1. The zero-order valence-corrected chi connectivity index (χ0v) is 13.3. The van der Waals surface area contributed by atoms with Crippen LogP contribution in [0, 0.1) is 6.92 Å². The molecule has 2 heterocycles. The lowest BCUT2D eigenvalue weighted by Crippen LogP contribution is -2.36. The van der Waals surface area contributed by atoms with E-state index in [1.807, 2.05) is 43.2 Å². The predicted octanol–water partition coefficient (Wildman–Crippen LogP) is 2.79. The summed E-state index contributed by atoms with van der Waals surface area (Å²) in [5.74, 6) is 5.45. The molecule has 3 N–H and O–H groups in total. The number of hydrogen-bond donors (Lipinski definition) is 2. The second-order valence-electron chi connectivity index (χ2n) is 5.12. The molecule has 0 unspecified atom stereocenters. The van der Waals surface area contributed by atoms with Gasteiger partial charge in [-0.3, -0.25) is 15.6 Å². The molecule has 2 rings (SSSR count). The van der Waals surface area contributed by atoms with E-state index in [-0.39, 0.29) is 11.9 Å². The monoisotopic (exact) mass is 304 g/mol. The fraction of sp³-hybridized carbons (Fsp3) is 0.333. The van der Waals surface area contributed by atoms with Gasteiger partial charge in [-0.2, -0.15) is 0 Å². The maximum Gasteiger partial charge on any atom is 0.258 e. The molecule has 1 amide bonds. The number of nitrogen functional groups attached to an aromatic ring is 1. The van der Waals surface area contributed by atoms with Gasteiger partial charge in [0.2, 0.25) is 0 Å². The van der Waals surface area contributed by atoms with E-state index in [1.165, 1.54) is 0 Å². The third-order valence-corrected chi connectivity index (χ3v) is 4.08. The van der Waals surface area contributed by atoms with Crippen molar-refractivity contribution in [1.29, 1.82) is 0 Å². The second-order valence-corrected chi connectivity index (χ2v) is 6.15. The molecule has 0 aliphatic rings. The number of thiophene rings is 1. The summed E-state index contributed by atoms with van der Waals surface area (Å²) in [5, 5.41) is 2.01. The standard InChI is InChI=1S/C15H20N4OS/c1-10(2)19(9-12-5-4-6-21-12)15(20)13-8-17-11(3)7-14(13)18-16/h4-8,10H,9,16H2,1-3H3,(H,17,18). The lowest BCUT2D eigenvalue weighted by molar-refractivity contribution is 0.0693. The second kappa shape index (κ2) is 6.69. The van der Waals surface area contributed by atoms with E-state index >= 15 is 0 Å². The highest BCUT2D eigenvalue weighted by Crippen LogP contribution is 2.21. The normalized spacial score (nSPS) is 10.7. The molecule has 5 nitrogen and oxygen atoms in total. The van der Waals surface area contributed by atoms with Crippen molar-refractivity contribution in [3.8, 4) is 0 Å². The van der Waals surface area contributed by atoms with Gasteiger partial charge in [0.15, 0.2) is 0 Å². The Kier molecular flexibility index (Phi) is 4.93. The van der Waals surface area contributed by atoms with E-state index < -0.39 is 0 Å². The Labute approximate surface area is 128 Å². The third kappa shape index (κ3) is 3.59. The van der Waals surface area contributed by atoms with E-state index in [2.05, 4.69) is 10.4 Å². The molecular formula is C15H20N4OS. The molecule has 0 fully saturated rings. The molecule has 0 aliphatic carbocycles. The number of hydrogen-bond acceptors (Lipinski definition) is 5. The quantitative estimate of drug-likeness (QED) is 0.658. The Balaban J connectivity index is 2.30. The molecule has 2 aromatic rings. The van der Waals surface area contributed by atoms with Crippen LogP contribution in [0.3, 0.4) is 0 Å². The highest BCUT2D eigenvalue weighted by molar-refractivity contribution is 7.09. The van der Waals surface area contributed by atoms with Gasteiger partial charge in [-0.05, 0) is 38.3 Å². The van der Waals surface area contributed by atoms with Crippen LogP contribution in [0.5, 0.6) is 0 Å². The summed E-state index contributed by atoms with van der Waals surface area (Å²) in [7, 11) is 0. The van der Waals surface area contributed by atoms with E-state index in [9.17, 15) is 4.79 Å². The highest BCUT2D eigenvalue weighted by atomic mass is 32.1. The molecule has 0 aliphatic heterocycles. The summed E-state index contributed by atoms with van der Waals surface area (Å²) >= 11 is 1.64. The van der Waals surface area contributed by atoms with Gasteiger partial charge in [-0.15, -0.1) is 11.3 Å². The fourth-order valence-corrected chi connectivity index (χ4v) is 2.77. The molecule has 0 spiro atoms. The average molecular weight is 304 g/mol. The van der Waals surface area contributed by atoms with Crippen molar-refractivity contribution in [2.45, 2.75) is 33.4 Å². The van der Waals surface area contributed by atoms with Crippen molar-refractivity contribution in [2.75, 3.05) is 5.43 Å². The summed E-state index contributed by atoms with van der Waals surface area (Å²) in [6.07, 6.45) is 1.58. The number of aryl methyl sites for hydroxylation is 1. The van der Waals surface area contributed by atoms with Crippen LogP contribution in [-0.2, 0) is 6.54 Å². The van der Waals surface area contributed by atoms with Crippen molar-refractivity contribution < 1.29 is 4.79 Å². The predicted molar refractivity (Wildman–Crippen MR) is 86.1 cm³/mol. The maximum atomic E-state index is 12.8. The van der Waals surface area contributed by atoms with Gasteiger partial charge in [0, 0.05) is 22.8 Å². The lowest BCUT2D eigenvalue weighted by Gasteiger charge is -2.27. The van der Waals surface area contributed by atoms with E-state index in [0.29, 0.717) is 17.8 Å². The summed E-state index contributed by atoms with van der Waals surface area (Å²) in [6, 6.07) is 5.88. The molecule has 0 saturated carbocycles. The van der Waals surface area contributed by atoms with Crippen LogP contribution in [0.4, 0.5) is 5.69 Å². The lowest BCUT2D eigenvalue weighted by atomic mass is 10.1. The summed E-state index contributed by atoms with van der Waals surface area (Å²) < 4.78 is 0. The number of aromatic nitrogens is 1. The smallest absolute Gasteiger partial charge is 0.258 e. The molecule has 0 bridgehead atoms. The van der Waals surface area contributed by atoms with Crippen molar-refractivity contribution in [3.63, 3.8) is 0 Å². The Bertz CT molecular complexity index is 610. The first-order valence-corrected chi connectivity index (χ1v) is 7.67. The van der Waals surface area contributed by atoms with Gasteiger partial charge in [0.25, 0.3) is 5.91 Å². The van der Waals surface area contributed by atoms with Crippen LogP contribution in [0.15, 0.2) is 29.8 Å². The number of rotatable bonds is 5. The van der Waals surface area contributed by atoms with E-state index in [0.717, 1.165) is 10.6 Å². The number of anilines is 1. The number of carbonyl (C=O) groups is 1. The topological polar surface area (TPSA) is 71.2 Å². The van der Waals surface area contributed by atoms with Crippen molar-refractivity contribution in [2.24, 2.45) is 5.84 Å². The minimum absolute atomic E-state index is 0.0705. The van der Waals surface area contributed by atoms with Crippen LogP contribution in [0.25, 0.3) is 0 Å². The SMILES string of the molecule is Cc1cc(NN)c(C(=O)N(Cc2cccs2)C(C)C)cn1. The zero-order chi connectivity index (χ0) is 15.4. The first kappa shape index (κ1) is 15.5. The summed E-state index contributed by atoms with van der Waals surface area (Å²) in [4.78, 5) is 20.0. The van der Waals surface area contributed by atoms with Crippen LogP contribution < -0.4 is 11.3 Å². The highest BCUT2D eigenvalue weighted by Gasteiger charge is 2.22. The first-order chi connectivity index (χ1) is 10.0. The maximum absolute atomic E-state index is 12.8. The van der Waals surface area contributed by atoms with E-state index in [1.54, 1.807) is 23.6 Å². The van der Waals surface area contributed by atoms with Gasteiger partial charge >= 0.3 is 0 Å². The van der Waals surface area contributed by atoms with Crippen LogP contribution >= 0.6 is 11.3 Å². The molecular weight excluding hydrogens is 284 g/mol. The zero-order valence-electron chi connectivity index (χ0n) is 12.5. The molecule has 21 heavy (non-hydrogen) atoms. The molecule has 0 saturated heterocycles. The van der Waals surface area contributed by atoms with Crippen molar-refractivity contribution in [1.82, 2.24) is 9.88 Å². The minimum atomic E-state index is -0.0705. The number of nitrogens with two attached hydrogens (primary N) is 1. The first-order valence-electron chi connectivity index (χ1n) is 6.79. The Morgan fingerprint density at radius 3 is 2.86 bits per heavy atom. The minimum Gasteiger partial charge on any atom is -0.331 e.